The Morgan fingerprint density at radius 2 is 1.27 bits per heavy atom. The Labute approximate surface area is 231 Å². The first-order valence-electron chi connectivity index (χ1n) is 12.7. The average Bonchev–Trinajstić information content (AvgIpc) is 2.86. The van der Waals surface area contributed by atoms with Gasteiger partial charge in [-0.15, -0.1) is 0 Å². The van der Waals surface area contributed by atoms with Crippen molar-refractivity contribution in [3.05, 3.63) is 35.9 Å². The molecule has 0 aliphatic carbocycles. The molecule has 0 unspecified atom stereocenters. The first-order chi connectivity index (χ1) is 18.7. The zero-order valence-corrected chi connectivity index (χ0v) is 22.6. The molecule has 40 heavy (non-hydrogen) atoms. The molecule has 0 heterocycles. The highest BCUT2D eigenvalue weighted by Crippen LogP contribution is 2.08. The van der Waals surface area contributed by atoms with E-state index >= 15 is 0 Å². The molecule has 1 rings (SSSR count). The summed E-state index contributed by atoms with van der Waals surface area (Å²) in [5, 5.41) is 27.5. The largest absolute Gasteiger partial charge is 0.481 e. The van der Waals surface area contributed by atoms with Crippen LogP contribution in [0.1, 0.15) is 52.0 Å². The zero-order chi connectivity index (χ0) is 30.4. The highest BCUT2D eigenvalue weighted by Gasteiger charge is 2.31. The van der Waals surface area contributed by atoms with Crippen LogP contribution in [-0.2, 0) is 40.0 Å². The van der Waals surface area contributed by atoms with Crippen LogP contribution in [0.2, 0.25) is 0 Å². The summed E-state index contributed by atoms with van der Waals surface area (Å²) in [6.45, 7) is 4.88. The lowest BCUT2D eigenvalue weighted by Gasteiger charge is -2.26. The Balaban J connectivity index is 2.97. The van der Waals surface area contributed by atoms with Crippen LogP contribution in [0, 0.1) is 5.92 Å². The van der Waals surface area contributed by atoms with Gasteiger partial charge in [0.2, 0.25) is 29.5 Å². The number of hydrogen-bond acceptors (Lipinski definition) is 7. The molecule has 0 bridgehead atoms. The van der Waals surface area contributed by atoms with Crippen LogP contribution >= 0.6 is 0 Å². The minimum Gasteiger partial charge on any atom is -0.481 e. The van der Waals surface area contributed by atoms with Gasteiger partial charge in [-0.1, -0.05) is 44.2 Å². The van der Waals surface area contributed by atoms with E-state index in [9.17, 15) is 38.7 Å². The van der Waals surface area contributed by atoms with E-state index in [1.54, 1.807) is 44.2 Å². The monoisotopic (exact) mass is 563 g/mol. The maximum absolute atomic E-state index is 13.1. The van der Waals surface area contributed by atoms with Crippen LogP contribution in [-0.4, -0.2) is 75.9 Å². The standard InChI is InChI=1S/C26H37N5O9/c1-14(2)11-18(30-24(38)15(3)28-20(32)9-10-21(33)34)25(39)31-19(13-22(35)36)26(40)29-17(23(27)37)12-16-7-5-4-6-8-16/h4-8,14-15,17-19H,9-13H2,1-3H3,(H2,27,37)(H,28,32)(H,29,40)(H,30,38)(H,31,39)(H,33,34)(H,35,36)/t15-,17-,18-,19-/m0/s1. The number of benzene rings is 1. The molecular formula is C26H37N5O9. The second-order valence-electron chi connectivity index (χ2n) is 9.69. The number of carbonyl (C=O) groups excluding carboxylic acids is 5. The molecule has 14 nitrogen and oxygen atoms in total. The highest BCUT2D eigenvalue weighted by atomic mass is 16.4. The summed E-state index contributed by atoms with van der Waals surface area (Å²) in [4.78, 5) is 84.6. The van der Waals surface area contributed by atoms with Crippen LogP contribution in [0.15, 0.2) is 30.3 Å². The molecule has 0 aliphatic rings. The average molecular weight is 564 g/mol. The minimum atomic E-state index is -1.60. The number of primary amides is 1. The number of aliphatic carboxylic acids is 2. The van der Waals surface area contributed by atoms with Gasteiger partial charge in [0.05, 0.1) is 12.8 Å². The van der Waals surface area contributed by atoms with Crippen molar-refractivity contribution < 1.29 is 43.8 Å². The Bertz CT molecular complexity index is 1080. The van der Waals surface area contributed by atoms with Gasteiger partial charge in [0.25, 0.3) is 0 Å². The minimum absolute atomic E-state index is 0.0394. The van der Waals surface area contributed by atoms with E-state index in [4.69, 9.17) is 10.8 Å². The van der Waals surface area contributed by atoms with Gasteiger partial charge in [-0.25, -0.2) is 0 Å². The van der Waals surface area contributed by atoms with Crippen LogP contribution in [0.5, 0.6) is 0 Å². The van der Waals surface area contributed by atoms with Crippen molar-refractivity contribution >= 4 is 41.5 Å². The lowest BCUT2D eigenvalue weighted by Crippen LogP contribution is -2.58. The number of hydrogen-bond donors (Lipinski definition) is 7. The van der Waals surface area contributed by atoms with E-state index < -0.39 is 78.5 Å². The molecule has 1 aromatic carbocycles. The van der Waals surface area contributed by atoms with E-state index in [1.807, 2.05) is 0 Å². The zero-order valence-electron chi connectivity index (χ0n) is 22.6. The van der Waals surface area contributed by atoms with Gasteiger partial charge in [0.1, 0.15) is 24.2 Å². The molecule has 8 N–H and O–H groups in total. The molecule has 0 saturated heterocycles. The number of carboxylic acids is 2. The van der Waals surface area contributed by atoms with E-state index in [1.165, 1.54) is 6.92 Å². The van der Waals surface area contributed by atoms with Crippen LogP contribution in [0.4, 0.5) is 0 Å². The smallest absolute Gasteiger partial charge is 0.305 e. The maximum atomic E-state index is 13.1. The lowest BCUT2D eigenvalue weighted by molar-refractivity contribution is -0.141. The summed E-state index contributed by atoms with van der Waals surface area (Å²) in [5.74, 6) is -6.79. The molecule has 0 aliphatic heterocycles. The number of carboxylic acid groups (broad SMARTS) is 2. The van der Waals surface area contributed by atoms with Crippen LogP contribution in [0.3, 0.4) is 0 Å². The van der Waals surface area contributed by atoms with Gasteiger partial charge >= 0.3 is 11.9 Å². The Kier molecular flexibility index (Phi) is 13.8. The van der Waals surface area contributed by atoms with Crippen LogP contribution in [0.25, 0.3) is 0 Å². The summed E-state index contributed by atoms with van der Waals surface area (Å²) in [6, 6.07) is 3.56. The Morgan fingerprint density at radius 3 is 1.80 bits per heavy atom. The van der Waals surface area contributed by atoms with Crippen molar-refractivity contribution in [2.45, 2.75) is 77.0 Å². The van der Waals surface area contributed by atoms with Gasteiger partial charge in [0, 0.05) is 12.8 Å². The van der Waals surface area contributed by atoms with Crippen molar-refractivity contribution in [1.29, 1.82) is 0 Å². The molecule has 5 amide bonds. The van der Waals surface area contributed by atoms with Gasteiger partial charge in [-0.2, -0.15) is 0 Å². The van der Waals surface area contributed by atoms with E-state index in [-0.39, 0.29) is 25.2 Å². The predicted molar refractivity (Wildman–Crippen MR) is 141 cm³/mol. The van der Waals surface area contributed by atoms with Crippen molar-refractivity contribution in [2.24, 2.45) is 11.7 Å². The van der Waals surface area contributed by atoms with E-state index in [0.717, 1.165) is 0 Å². The van der Waals surface area contributed by atoms with Gasteiger partial charge in [0.15, 0.2) is 0 Å². The lowest BCUT2D eigenvalue weighted by atomic mass is 10.0. The first-order valence-corrected chi connectivity index (χ1v) is 12.7. The summed E-state index contributed by atoms with van der Waals surface area (Å²) in [7, 11) is 0. The van der Waals surface area contributed by atoms with Gasteiger partial charge in [-0.05, 0) is 24.8 Å². The number of rotatable bonds is 17. The fraction of sp³-hybridized carbons (Fsp3) is 0.500. The fourth-order valence-electron chi connectivity index (χ4n) is 3.60. The van der Waals surface area contributed by atoms with Crippen molar-refractivity contribution in [1.82, 2.24) is 21.3 Å². The quantitative estimate of drug-likeness (QED) is 0.124. The molecule has 0 fully saturated rings. The molecule has 0 radical (unpaired) electrons. The maximum Gasteiger partial charge on any atom is 0.305 e. The fourth-order valence-corrected chi connectivity index (χ4v) is 3.60. The van der Waals surface area contributed by atoms with Crippen LogP contribution < -0.4 is 27.0 Å². The number of nitrogens with one attached hydrogen (secondary N) is 4. The third kappa shape index (κ3) is 12.8. The van der Waals surface area contributed by atoms with Crippen molar-refractivity contribution in [3.8, 4) is 0 Å². The topological polar surface area (TPSA) is 234 Å². The highest BCUT2D eigenvalue weighted by molar-refractivity contribution is 5.96. The van der Waals surface area contributed by atoms with E-state index in [0.29, 0.717) is 5.56 Å². The Morgan fingerprint density at radius 1 is 0.725 bits per heavy atom. The second-order valence-corrected chi connectivity index (χ2v) is 9.69. The summed E-state index contributed by atoms with van der Waals surface area (Å²) in [6.07, 6.45) is -1.43. The van der Waals surface area contributed by atoms with E-state index in [2.05, 4.69) is 21.3 Å². The number of amides is 5. The second kappa shape index (κ2) is 16.5. The summed E-state index contributed by atoms with van der Waals surface area (Å²) < 4.78 is 0. The third-order valence-electron chi connectivity index (χ3n) is 5.63. The molecule has 0 spiro atoms. The van der Waals surface area contributed by atoms with Gasteiger partial charge < -0.3 is 37.2 Å². The molecular weight excluding hydrogens is 526 g/mol. The Hall–Kier alpha value is -4.49. The normalized spacial score (nSPS) is 13.7. The molecule has 1 aromatic rings. The van der Waals surface area contributed by atoms with Gasteiger partial charge in [-0.3, -0.25) is 33.6 Å². The van der Waals surface area contributed by atoms with Crippen molar-refractivity contribution in [2.75, 3.05) is 0 Å². The molecule has 14 heteroatoms. The molecule has 220 valence electrons. The summed E-state index contributed by atoms with van der Waals surface area (Å²) >= 11 is 0. The molecule has 4 atom stereocenters. The molecule has 0 saturated carbocycles. The summed E-state index contributed by atoms with van der Waals surface area (Å²) in [5.41, 5.74) is 6.12. The number of carbonyl (C=O) groups is 7. The molecule has 0 aromatic heterocycles. The first kappa shape index (κ1) is 33.5. The SMILES string of the molecule is CC(C)C[C@H](NC(=O)[C@H](C)NC(=O)CCC(=O)O)C(=O)N[C@@H](CC(=O)O)C(=O)N[C@@H](Cc1ccccc1)C(N)=O. The predicted octanol–water partition coefficient (Wildman–Crippen LogP) is -0.941. The third-order valence-corrected chi connectivity index (χ3v) is 5.63. The van der Waals surface area contributed by atoms with Crippen molar-refractivity contribution in [3.63, 3.8) is 0 Å². The number of nitrogens with two attached hydrogens (primary N) is 1.